The molecule has 0 unspecified atom stereocenters. The lowest BCUT2D eigenvalue weighted by atomic mass is 9.85. The summed E-state index contributed by atoms with van der Waals surface area (Å²) in [5, 5.41) is 1.64. The summed E-state index contributed by atoms with van der Waals surface area (Å²) in [5.74, 6) is 0.988. The van der Waals surface area contributed by atoms with Crippen molar-refractivity contribution >= 4 is 31.9 Å². The molecule has 0 aliphatic rings. The lowest BCUT2D eigenvalue weighted by Crippen LogP contribution is -2.12. The van der Waals surface area contributed by atoms with Crippen LogP contribution in [0.4, 0.5) is 0 Å². The molecule has 0 aliphatic heterocycles. The molecule has 1 rings (SSSR count). The summed E-state index contributed by atoms with van der Waals surface area (Å²) >= 11 is 7.04. The van der Waals surface area contributed by atoms with Crippen molar-refractivity contribution in [2.24, 2.45) is 0 Å². The third-order valence-corrected chi connectivity index (χ3v) is 3.81. The number of methoxy groups -OCH3 is 1. The maximum absolute atomic E-state index is 5.47. The van der Waals surface area contributed by atoms with Crippen molar-refractivity contribution in [3.63, 3.8) is 0 Å². The van der Waals surface area contributed by atoms with Crippen molar-refractivity contribution in [2.45, 2.75) is 36.8 Å². The Kier molecular flexibility index (Phi) is 4.87. The zero-order chi connectivity index (χ0) is 12.3. The van der Waals surface area contributed by atoms with E-state index in [0.717, 1.165) is 16.4 Å². The molecule has 0 N–H and O–H groups in total. The standard InChI is InChI=1S/C13H18Br2O/c1-13(2,3)11-5-9(7-14)12(16-4)10(6-11)8-15/h5-6H,7-8H2,1-4H3. The van der Waals surface area contributed by atoms with Crippen LogP contribution >= 0.6 is 31.9 Å². The van der Waals surface area contributed by atoms with Crippen LogP contribution in [0.25, 0.3) is 0 Å². The SMILES string of the molecule is COc1c(CBr)cc(C(C)(C)C)cc1CBr. The number of hydrogen-bond acceptors (Lipinski definition) is 1. The predicted molar refractivity (Wildman–Crippen MR) is 77.0 cm³/mol. The summed E-state index contributed by atoms with van der Waals surface area (Å²) in [4.78, 5) is 0. The van der Waals surface area contributed by atoms with Gasteiger partial charge < -0.3 is 4.74 Å². The molecular formula is C13H18Br2O. The summed E-state index contributed by atoms with van der Waals surface area (Å²) in [6.45, 7) is 6.68. The first-order chi connectivity index (χ1) is 7.43. The average Bonchev–Trinajstić information content (AvgIpc) is 2.25. The van der Waals surface area contributed by atoms with E-state index in [1.807, 2.05) is 0 Å². The van der Waals surface area contributed by atoms with Crippen LogP contribution in [0.5, 0.6) is 5.75 Å². The van der Waals surface area contributed by atoms with E-state index >= 15 is 0 Å². The van der Waals surface area contributed by atoms with Gasteiger partial charge in [-0.1, -0.05) is 64.8 Å². The molecule has 0 bridgehead atoms. The van der Waals surface area contributed by atoms with Gasteiger partial charge in [0.25, 0.3) is 0 Å². The van der Waals surface area contributed by atoms with Crippen molar-refractivity contribution in [1.29, 1.82) is 0 Å². The maximum Gasteiger partial charge on any atom is 0.126 e. The highest BCUT2D eigenvalue weighted by molar-refractivity contribution is 9.08. The summed E-state index contributed by atoms with van der Waals surface area (Å²) in [6.07, 6.45) is 0. The zero-order valence-corrected chi connectivity index (χ0v) is 13.4. The Morgan fingerprint density at radius 2 is 1.50 bits per heavy atom. The number of ether oxygens (including phenoxy) is 1. The molecule has 0 spiro atoms. The summed E-state index contributed by atoms with van der Waals surface area (Å²) in [6, 6.07) is 4.44. The van der Waals surface area contributed by atoms with Crippen LogP contribution in [0.1, 0.15) is 37.5 Å². The second-order valence-corrected chi connectivity index (χ2v) is 5.97. The summed E-state index contributed by atoms with van der Waals surface area (Å²) in [5.41, 5.74) is 3.94. The van der Waals surface area contributed by atoms with E-state index < -0.39 is 0 Å². The van der Waals surface area contributed by atoms with Crippen molar-refractivity contribution in [1.82, 2.24) is 0 Å². The number of halogens is 2. The lowest BCUT2D eigenvalue weighted by Gasteiger charge is -2.22. The maximum atomic E-state index is 5.47. The van der Waals surface area contributed by atoms with Crippen LogP contribution in [0.15, 0.2) is 12.1 Å². The third kappa shape index (κ3) is 3.01. The molecule has 90 valence electrons. The van der Waals surface area contributed by atoms with Gasteiger partial charge in [0.05, 0.1) is 7.11 Å². The second kappa shape index (κ2) is 5.54. The summed E-state index contributed by atoms with van der Waals surface area (Å²) in [7, 11) is 1.73. The molecule has 3 heteroatoms. The molecular weight excluding hydrogens is 332 g/mol. The van der Waals surface area contributed by atoms with E-state index in [9.17, 15) is 0 Å². The Bertz CT molecular complexity index is 342. The molecule has 0 amide bonds. The van der Waals surface area contributed by atoms with Crippen molar-refractivity contribution in [3.05, 3.63) is 28.8 Å². The van der Waals surface area contributed by atoms with Gasteiger partial charge in [-0.2, -0.15) is 0 Å². The molecule has 0 fully saturated rings. The Balaban J connectivity index is 3.37. The average molecular weight is 350 g/mol. The highest BCUT2D eigenvalue weighted by atomic mass is 79.9. The van der Waals surface area contributed by atoms with Gasteiger partial charge in [-0.25, -0.2) is 0 Å². The van der Waals surface area contributed by atoms with E-state index in [2.05, 4.69) is 64.8 Å². The van der Waals surface area contributed by atoms with Crippen LogP contribution in [-0.2, 0) is 16.1 Å². The smallest absolute Gasteiger partial charge is 0.126 e. The molecule has 16 heavy (non-hydrogen) atoms. The lowest BCUT2D eigenvalue weighted by molar-refractivity contribution is 0.407. The minimum absolute atomic E-state index is 0.167. The van der Waals surface area contributed by atoms with Crippen LogP contribution < -0.4 is 4.74 Å². The molecule has 0 radical (unpaired) electrons. The second-order valence-electron chi connectivity index (χ2n) is 4.85. The van der Waals surface area contributed by atoms with Gasteiger partial charge in [-0.3, -0.25) is 0 Å². The first-order valence-corrected chi connectivity index (χ1v) is 7.50. The van der Waals surface area contributed by atoms with Gasteiger partial charge in [0.2, 0.25) is 0 Å². The first kappa shape index (κ1) is 14.0. The molecule has 0 saturated heterocycles. The molecule has 0 atom stereocenters. The van der Waals surface area contributed by atoms with E-state index in [-0.39, 0.29) is 5.41 Å². The molecule has 1 aromatic carbocycles. The minimum Gasteiger partial charge on any atom is -0.496 e. The molecule has 0 heterocycles. The van der Waals surface area contributed by atoms with E-state index in [0.29, 0.717) is 0 Å². The fourth-order valence-electron chi connectivity index (χ4n) is 1.65. The highest BCUT2D eigenvalue weighted by Crippen LogP contribution is 2.33. The molecule has 1 nitrogen and oxygen atoms in total. The minimum atomic E-state index is 0.167. The molecule has 1 aromatic rings. The van der Waals surface area contributed by atoms with Crippen LogP contribution in [-0.4, -0.2) is 7.11 Å². The van der Waals surface area contributed by atoms with Crippen molar-refractivity contribution in [3.8, 4) is 5.75 Å². The van der Waals surface area contributed by atoms with Gasteiger partial charge in [-0.05, 0) is 11.0 Å². The number of benzene rings is 1. The van der Waals surface area contributed by atoms with Crippen LogP contribution in [0.2, 0.25) is 0 Å². The van der Waals surface area contributed by atoms with Crippen LogP contribution in [0.3, 0.4) is 0 Å². The number of rotatable bonds is 3. The Hall–Kier alpha value is -0.0200. The zero-order valence-electron chi connectivity index (χ0n) is 10.2. The Morgan fingerprint density at radius 1 is 1.06 bits per heavy atom. The highest BCUT2D eigenvalue weighted by Gasteiger charge is 2.18. The van der Waals surface area contributed by atoms with E-state index in [1.165, 1.54) is 16.7 Å². The molecule has 0 aromatic heterocycles. The Labute approximate surface area is 115 Å². The normalized spacial score (nSPS) is 11.6. The van der Waals surface area contributed by atoms with Crippen LogP contribution in [0, 0.1) is 0 Å². The third-order valence-electron chi connectivity index (χ3n) is 2.60. The largest absolute Gasteiger partial charge is 0.496 e. The van der Waals surface area contributed by atoms with Gasteiger partial charge >= 0.3 is 0 Å². The van der Waals surface area contributed by atoms with Gasteiger partial charge in [-0.15, -0.1) is 0 Å². The number of hydrogen-bond donors (Lipinski definition) is 0. The van der Waals surface area contributed by atoms with Crippen molar-refractivity contribution in [2.75, 3.05) is 7.11 Å². The molecule has 0 aliphatic carbocycles. The predicted octanol–water partition coefficient (Wildman–Crippen LogP) is 4.78. The fraction of sp³-hybridized carbons (Fsp3) is 0.538. The van der Waals surface area contributed by atoms with Crippen molar-refractivity contribution < 1.29 is 4.74 Å². The first-order valence-electron chi connectivity index (χ1n) is 5.26. The fourth-order valence-corrected chi connectivity index (χ4v) is 2.48. The van der Waals surface area contributed by atoms with E-state index in [4.69, 9.17) is 4.74 Å². The topological polar surface area (TPSA) is 9.23 Å². The monoisotopic (exact) mass is 348 g/mol. The van der Waals surface area contributed by atoms with Gasteiger partial charge in [0.1, 0.15) is 5.75 Å². The number of alkyl halides is 2. The molecule has 0 saturated carbocycles. The van der Waals surface area contributed by atoms with Gasteiger partial charge in [0, 0.05) is 21.8 Å². The van der Waals surface area contributed by atoms with Gasteiger partial charge in [0.15, 0.2) is 0 Å². The van der Waals surface area contributed by atoms with E-state index in [1.54, 1.807) is 7.11 Å². The quantitative estimate of drug-likeness (QED) is 0.713. The Morgan fingerprint density at radius 3 is 1.75 bits per heavy atom. The summed E-state index contributed by atoms with van der Waals surface area (Å²) < 4.78 is 5.47.